The number of hydrogen-bond acceptors (Lipinski definition) is 4. The van der Waals surface area contributed by atoms with Crippen LogP contribution in [0.15, 0.2) is 106 Å². The normalized spacial score (nSPS) is 11.9. The molecule has 0 radical (unpaired) electrons. The molecule has 2 amide bonds. The Morgan fingerprint density at radius 3 is 2.09 bits per heavy atom. The van der Waals surface area contributed by atoms with Crippen LogP contribution >= 0.6 is 15.9 Å². The molecule has 0 saturated carbocycles. The Morgan fingerprint density at radius 2 is 1.46 bits per heavy atom. The Bertz CT molecular complexity index is 1720. The van der Waals surface area contributed by atoms with E-state index in [-0.39, 0.29) is 23.8 Å². The minimum absolute atomic E-state index is 0.0849. The third kappa shape index (κ3) is 9.30. The number of sulfonamides is 1. The average molecular weight is 705 g/mol. The van der Waals surface area contributed by atoms with E-state index in [1.54, 1.807) is 36.4 Å². The first-order valence-electron chi connectivity index (χ1n) is 15.5. The maximum Gasteiger partial charge on any atom is 0.264 e. The maximum atomic E-state index is 14.6. The van der Waals surface area contributed by atoms with Crippen LogP contribution in [0.1, 0.15) is 47.6 Å². The lowest BCUT2D eigenvalue weighted by Crippen LogP contribution is -2.53. The Hall–Kier alpha value is -3.95. The molecule has 7 nitrogen and oxygen atoms in total. The van der Waals surface area contributed by atoms with Crippen LogP contribution < -0.4 is 9.62 Å². The zero-order valence-electron chi connectivity index (χ0n) is 26.9. The number of carbonyl (C=O) groups is 2. The van der Waals surface area contributed by atoms with Crippen LogP contribution in [0.4, 0.5) is 5.69 Å². The van der Waals surface area contributed by atoms with E-state index in [0.717, 1.165) is 45.1 Å². The van der Waals surface area contributed by atoms with Crippen molar-refractivity contribution in [3.63, 3.8) is 0 Å². The monoisotopic (exact) mass is 703 g/mol. The fraction of sp³-hybridized carbons (Fsp3) is 0.297. The van der Waals surface area contributed by atoms with Crippen molar-refractivity contribution in [1.29, 1.82) is 0 Å². The van der Waals surface area contributed by atoms with Crippen LogP contribution in [0.2, 0.25) is 0 Å². The number of amides is 2. The third-order valence-corrected chi connectivity index (χ3v) is 10.0. The van der Waals surface area contributed by atoms with Gasteiger partial charge in [0, 0.05) is 24.0 Å². The molecule has 4 aromatic rings. The summed E-state index contributed by atoms with van der Waals surface area (Å²) in [6.45, 7) is 7.84. The summed E-state index contributed by atoms with van der Waals surface area (Å²) >= 11 is 3.52. The number of rotatable bonds is 14. The van der Waals surface area contributed by atoms with Crippen LogP contribution in [0.5, 0.6) is 0 Å². The maximum absolute atomic E-state index is 14.6. The van der Waals surface area contributed by atoms with Gasteiger partial charge in [-0.1, -0.05) is 95.5 Å². The van der Waals surface area contributed by atoms with Gasteiger partial charge in [0.1, 0.15) is 12.6 Å². The Morgan fingerprint density at radius 1 is 0.804 bits per heavy atom. The van der Waals surface area contributed by atoms with Crippen LogP contribution in [0.3, 0.4) is 0 Å². The van der Waals surface area contributed by atoms with Gasteiger partial charge < -0.3 is 10.2 Å². The van der Waals surface area contributed by atoms with E-state index in [4.69, 9.17) is 0 Å². The van der Waals surface area contributed by atoms with Gasteiger partial charge >= 0.3 is 0 Å². The Balaban J connectivity index is 1.81. The van der Waals surface area contributed by atoms with Gasteiger partial charge in [0.2, 0.25) is 11.8 Å². The van der Waals surface area contributed by atoms with Gasteiger partial charge in [-0.25, -0.2) is 8.42 Å². The quantitative estimate of drug-likeness (QED) is 0.142. The molecular formula is C37H42BrN3O4S. The first kappa shape index (κ1) is 34.9. The van der Waals surface area contributed by atoms with E-state index in [0.29, 0.717) is 12.2 Å². The summed E-state index contributed by atoms with van der Waals surface area (Å²) in [6.07, 6.45) is 1.98. The van der Waals surface area contributed by atoms with Gasteiger partial charge in [-0.15, -0.1) is 0 Å². The van der Waals surface area contributed by atoms with E-state index < -0.39 is 28.5 Å². The second-order valence-corrected chi connectivity index (χ2v) is 14.5. The second kappa shape index (κ2) is 16.1. The third-order valence-electron chi connectivity index (χ3n) is 7.72. The molecule has 0 aliphatic carbocycles. The molecule has 9 heteroatoms. The summed E-state index contributed by atoms with van der Waals surface area (Å²) in [4.78, 5) is 30.1. The van der Waals surface area contributed by atoms with Gasteiger partial charge in [0.25, 0.3) is 10.0 Å². The molecule has 0 aliphatic rings. The molecule has 0 bridgehead atoms. The van der Waals surface area contributed by atoms with Crippen molar-refractivity contribution in [2.45, 2.75) is 64.4 Å². The SMILES string of the molecule is CCCCNC(=O)C(Cc1ccccc1)N(Cc1cccc(Br)c1)C(=O)CN(c1cc(C)cc(C)c1)S(=O)(=O)c1ccc(C)cc1. The molecule has 0 spiro atoms. The summed E-state index contributed by atoms with van der Waals surface area (Å²) in [5.41, 5.74) is 4.75. The number of nitrogens with one attached hydrogen (secondary N) is 1. The van der Waals surface area contributed by atoms with Gasteiger partial charge in [0.15, 0.2) is 0 Å². The molecule has 0 saturated heterocycles. The summed E-state index contributed by atoms with van der Waals surface area (Å²) in [6, 6.07) is 28.3. The topological polar surface area (TPSA) is 86.8 Å². The van der Waals surface area contributed by atoms with Gasteiger partial charge in [-0.05, 0) is 85.8 Å². The van der Waals surface area contributed by atoms with E-state index in [1.807, 2.05) is 88.4 Å². The minimum atomic E-state index is -4.16. The molecule has 0 aromatic heterocycles. The van der Waals surface area contributed by atoms with Gasteiger partial charge in [-0.3, -0.25) is 13.9 Å². The predicted molar refractivity (Wildman–Crippen MR) is 188 cm³/mol. The first-order valence-corrected chi connectivity index (χ1v) is 17.7. The predicted octanol–water partition coefficient (Wildman–Crippen LogP) is 7.13. The molecule has 242 valence electrons. The van der Waals surface area contributed by atoms with E-state index in [9.17, 15) is 18.0 Å². The molecule has 1 atom stereocenters. The standard InChI is InChI=1S/C37H42BrN3O4S/c1-5-6-19-39-37(43)35(24-30-11-8-7-9-12-30)40(25-31-13-10-14-32(38)23-31)36(42)26-41(33-21-28(3)20-29(4)22-33)46(44,45)34-17-15-27(2)16-18-34/h7-18,20-23,35H,5-6,19,24-26H2,1-4H3,(H,39,43). The van der Waals surface area contributed by atoms with Crippen molar-refractivity contribution in [3.05, 3.63) is 129 Å². The van der Waals surface area contributed by atoms with Crippen LogP contribution in [-0.2, 0) is 32.6 Å². The molecule has 4 rings (SSSR count). The number of unbranched alkanes of at least 4 members (excludes halogenated alkanes) is 1. The van der Waals surface area contributed by atoms with Gasteiger partial charge in [-0.2, -0.15) is 0 Å². The molecular weight excluding hydrogens is 662 g/mol. The molecule has 0 heterocycles. The highest BCUT2D eigenvalue weighted by atomic mass is 79.9. The number of halogens is 1. The molecule has 1 N–H and O–H groups in total. The van der Waals surface area contributed by atoms with Crippen molar-refractivity contribution in [3.8, 4) is 0 Å². The van der Waals surface area contributed by atoms with Crippen molar-refractivity contribution in [2.24, 2.45) is 0 Å². The number of hydrogen-bond donors (Lipinski definition) is 1. The summed E-state index contributed by atoms with van der Waals surface area (Å²) in [5, 5.41) is 3.02. The minimum Gasteiger partial charge on any atom is -0.354 e. The highest BCUT2D eigenvalue weighted by Gasteiger charge is 2.34. The van der Waals surface area contributed by atoms with E-state index >= 15 is 0 Å². The van der Waals surface area contributed by atoms with Crippen LogP contribution in [-0.4, -0.2) is 44.3 Å². The zero-order valence-corrected chi connectivity index (χ0v) is 29.3. The largest absolute Gasteiger partial charge is 0.354 e. The van der Waals surface area contributed by atoms with Crippen molar-refractivity contribution in [1.82, 2.24) is 10.2 Å². The lowest BCUT2D eigenvalue weighted by molar-refractivity contribution is -0.140. The highest BCUT2D eigenvalue weighted by Crippen LogP contribution is 2.27. The Labute approximate surface area is 281 Å². The highest BCUT2D eigenvalue weighted by molar-refractivity contribution is 9.10. The smallest absolute Gasteiger partial charge is 0.264 e. The van der Waals surface area contributed by atoms with Crippen molar-refractivity contribution in [2.75, 3.05) is 17.4 Å². The molecule has 4 aromatic carbocycles. The molecule has 1 unspecified atom stereocenters. The van der Waals surface area contributed by atoms with Crippen molar-refractivity contribution < 1.29 is 18.0 Å². The lowest BCUT2D eigenvalue weighted by Gasteiger charge is -2.34. The number of carbonyl (C=O) groups excluding carboxylic acids is 2. The summed E-state index contributed by atoms with van der Waals surface area (Å²) in [7, 11) is -4.16. The average Bonchev–Trinajstić information content (AvgIpc) is 3.01. The number of nitrogens with zero attached hydrogens (tertiary/aromatic N) is 2. The van der Waals surface area contributed by atoms with Crippen LogP contribution in [0, 0.1) is 20.8 Å². The van der Waals surface area contributed by atoms with E-state index in [1.165, 1.54) is 9.21 Å². The first-order chi connectivity index (χ1) is 22.0. The molecule has 46 heavy (non-hydrogen) atoms. The summed E-state index contributed by atoms with van der Waals surface area (Å²) < 4.78 is 30.5. The molecule has 0 fully saturated rings. The zero-order chi connectivity index (χ0) is 33.3. The number of aryl methyl sites for hydroxylation is 3. The fourth-order valence-corrected chi connectivity index (χ4v) is 7.20. The summed E-state index contributed by atoms with van der Waals surface area (Å²) in [5.74, 6) is -0.763. The number of anilines is 1. The Kier molecular flexibility index (Phi) is 12.2. The lowest BCUT2D eigenvalue weighted by atomic mass is 10.0. The molecule has 0 aliphatic heterocycles. The van der Waals surface area contributed by atoms with E-state index in [2.05, 4.69) is 21.2 Å². The number of benzene rings is 4. The van der Waals surface area contributed by atoms with Gasteiger partial charge in [0.05, 0.1) is 10.6 Å². The van der Waals surface area contributed by atoms with Crippen molar-refractivity contribution >= 4 is 43.5 Å². The second-order valence-electron chi connectivity index (χ2n) is 11.7. The fourth-order valence-electron chi connectivity index (χ4n) is 5.35. The van der Waals surface area contributed by atoms with Crippen LogP contribution in [0.25, 0.3) is 0 Å².